The van der Waals surface area contributed by atoms with Crippen LogP contribution in [0.25, 0.3) is 0 Å². The van der Waals surface area contributed by atoms with Gasteiger partial charge in [-0.3, -0.25) is 4.72 Å². The third-order valence-corrected chi connectivity index (χ3v) is 4.88. The van der Waals surface area contributed by atoms with E-state index in [-0.39, 0.29) is 18.0 Å². The van der Waals surface area contributed by atoms with Gasteiger partial charge >= 0.3 is 0 Å². The third kappa shape index (κ3) is 5.51. The molecule has 0 aromatic heterocycles. The predicted molar refractivity (Wildman–Crippen MR) is 92.8 cm³/mol. The quantitative estimate of drug-likeness (QED) is 0.763. The van der Waals surface area contributed by atoms with Crippen molar-refractivity contribution in [3.8, 4) is 5.75 Å². The average molecular weight is 402 g/mol. The minimum Gasteiger partial charge on any atom is -0.492 e. The van der Waals surface area contributed by atoms with E-state index >= 15 is 0 Å². The van der Waals surface area contributed by atoms with Crippen LogP contribution in [0.3, 0.4) is 0 Å². The molecule has 23 heavy (non-hydrogen) atoms. The maximum atomic E-state index is 13.7. The number of rotatable bonds is 7. The zero-order valence-corrected chi connectivity index (χ0v) is 15.0. The Morgan fingerprint density at radius 1 is 1.17 bits per heavy atom. The fourth-order valence-electron chi connectivity index (χ4n) is 1.88. The smallest absolute Gasteiger partial charge is 0.236 e. The molecule has 0 fully saturated rings. The van der Waals surface area contributed by atoms with E-state index < -0.39 is 15.8 Å². The molecule has 0 unspecified atom stereocenters. The van der Waals surface area contributed by atoms with E-state index in [9.17, 15) is 12.8 Å². The van der Waals surface area contributed by atoms with Crippen molar-refractivity contribution in [3.05, 3.63) is 58.3 Å². The molecule has 0 aliphatic heterocycles. The van der Waals surface area contributed by atoms with Crippen LogP contribution < -0.4 is 9.46 Å². The predicted octanol–water partition coefficient (Wildman–Crippen LogP) is 3.97. The molecule has 0 aliphatic rings. The Morgan fingerprint density at radius 3 is 2.48 bits per heavy atom. The van der Waals surface area contributed by atoms with Gasteiger partial charge in [-0.25, -0.2) is 12.8 Å². The highest BCUT2D eigenvalue weighted by Gasteiger charge is 2.13. The first-order valence-electron chi connectivity index (χ1n) is 7.07. The highest BCUT2D eigenvalue weighted by Crippen LogP contribution is 2.20. The Hall–Kier alpha value is -1.60. The Balaban J connectivity index is 1.90. The maximum Gasteiger partial charge on any atom is 0.236 e. The maximum absolute atomic E-state index is 13.7. The van der Waals surface area contributed by atoms with Gasteiger partial charge in [-0.05, 0) is 42.3 Å². The van der Waals surface area contributed by atoms with Crippen molar-refractivity contribution in [3.63, 3.8) is 0 Å². The van der Waals surface area contributed by atoms with Crippen molar-refractivity contribution < 1.29 is 17.5 Å². The topological polar surface area (TPSA) is 55.4 Å². The van der Waals surface area contributed by atoms with Crippen molar-refractivity contribution in [1.82, 2.24) is 0 Å². The Labute approximate surface area is 143 Å². The molecule has 2 aromatic carbocycles. The van der Waals surface area contributed by atoms with Crippen LogP contribution in [0.15, 0.2) is 46.9 Å². The summed E-state index contributed by atoms with van der Waals surface area (Å²) in [6.45, 7) is 2.04. The summed E-state index contributed by atoms with van der Waals surface area (Å²) in [6, 6.07) is 11.6. The normalized spacial score (nSPS) is 11.3. The summed E-state index contributed by atoms with van der Waals surface area (Å²) >= 11 is 3.12. The summed E-state index contributed by atoms with van der Waals surface area (Å²) in [5.41, 5.74) is 1.10. The van der Waals surface area contributed by atoms with E-state index in [4.69, 9.17) is 4.74 Å². The molecule has 4 nitrogen and oxygen atoms in total. The Bertz CT molecular complexity index is 763. The molecule has 0 spiro atoms. The molecule has 0 aliphatic carbocycles. The lowest BCUT2D eigenvalue weighted by molar-refractivity contribution is 0.341. The Kier molecular flexibility index (Phi) is 6.01. The molecule has 2 rings (SSSR count). The van der Waals surface area contributed by atoms with Crippen molar-refractivity contribution in [1.29, 1.82) is 0 Å². The molecule has 0 atom stereocenters. The van der Waals surface area contributed by atoms with Gasteiger partial charge < -0.3 is 4.74 Å². The van der Waals surface area contributed by atoms with Crippen LogP contribution in [0.4, 0.5) is 10.1 Å². The van der Waals surface area contributed by atoms with E-state index in [0.717, 1.165) is 6.42 Å². The van der Waals surface area contributed by atoms with Gasteiger partial charge in [0.05, 0.1) is 5.69 Å². The van der Waals surface area contributed by atoms with E-state index in [2.05, 4.69) is 27.6 Å². The lowest BCUT2D eigenvalue weighted by atomic mass is 10.2. The number of nitrogens with one attached hydrogen (secondary N) is 1. The van der Waals surface area contributed by atoms with Gasteiger partial charge in [-0.15, -0.1) is 0 Å². The summed E-state index contributed by atoms with van der Waals surface area (Å²) in [5.74, 6) is -0.302. The first kappa shape index (κ1) is 17.7. The summed E-state index contributed by atoms with van der Waals surface area (Å²) in [4.78, 5) is 0. The first-order valence-corrected chi connectivity index (χ1v) is 9.51. The molecule has 0 bridgehead atoms. The average Bonchev–Trinajstić information content (AvgIpc) is 2.50. The van der Waals surface area contributed by atoms with Gasteiger partial charge in [0.25, 0.3) is 0 Å². The van der Waals surface area contributed by atoms with Crippen LogP contribution in [0, 0.1) is 5.82 Å². The zero-order valence-electron chi connectivity index (χ0n) is 12.6. The van der Waals surface area contributed by atoms with Crippen molar-refractivity contribution in [2.45, 2.75) is 13.3 Å². The van der Waals surface area contributed by atoms with Crippen LogP contribution in [0.2, 0.25) is 0 Å². The molecule has 124 valence electrons. The number of halogens is 2. The minimum atomic E-state index is -3.68. The van der Waals surface area contributed by atoms with Crippen molar-refractivity contribution in [2.75, 3.05) is 17.1 Å². The lowest BCUT2D eigenvalue weighted by Gasteiger charge is -2.10. The largest absolute Gasteiger partial charge is 0.492 e. The van der Waals surface area contributed by atoms with Crippen molar-refractivity contribution in [2.24, 2.45) is 0 Å². The van der Waals surface area contributed by atoms with Crippen molar-refractivity contribution >= 4 is 31.6 Å². The van der Waals surface area contributed by atoms with E-state index in [1.165, 1.54) is 17.7 Å². The van der Waals surface area contributed by atoms with Gasteiger partial charge in [0.1, 0.15) is 23.9 Å². The van der Waals surface area contributed by atoms with E-state index in [1.807, 2.05) is 12.1 Å². The molecule has 1 N–H and O–H groups in total. The number of hydrogen-bond donors (Lipinski definition) is 1. The number of anilines is 1. The summed E-state index contributed by atoms with van der Waals surface area (Å²) < 4.78 is 45.7. The van der Waals surface area contributed by atoms with E-state index in [0.29, 0.717) is 10.2 Å². The van der Waals surface area contributed by atoms with Gasteiger partial charge in [0.15, 0.2) is 0 Å². The highest BCUT2D eigenvalue weighted by molar-refractivity contribution is 9.10. The molecular weight excluding hydrogens is 385 g/mol. The monoisotopic (exact) mass is 401 g/mol. The second kappa shape index (κ2) is 7.79. The van der Waals surface area contributed by atoms with Crippen LogP contribution >= 0.6 is 15.9 Å². The standard InChI is InChI=1S/C16H17BrFNO3S/c1-2-12-3-6-14(7-4-12)22-9-10-23(20,21)19-16-8-5-13(17)11-15(16)18/h3-8,11,19H,2,9-10H2,1H3. The minimum absolute atomic E-state index is 0.0149. The molecule has 0 amide bonds. The molecule has 0 saturated carbocycles. The van der Waals surface area contributed by atoms with Crippen LogP contribution in [-0.2, 0) is 16.4 Å². The molecule has 2 aromatic rings. The molecule has 7 heteroatoms. The lowest BCUT2D eigenvalue weighted by Crippen LogP contribution is -2.21. The number of sulfonamides is 1. The van der Waals surface area contributed by atoms with Gasteiger partial charge in [-0.2, -0.15) is 0 Å². The van der Waals surface area contributed by atoms with Crippen LogP contribution in [0.5, 0.6) is 5.75 Å². The molecule has 0 heterocycles. The number of ether oxygens (including phenoxy) is 1. The fraction of sp³-hybridized carbons (Fsp3) is 0.250. The summed E-state index contributed by atoms with van der Waals surface area (Å²) in [7, 11) is -3.68. The molecular formula is C16H17BrFNO3S. The third-order valence-electron chi connectivity index (χ3n) is 3.15. The zero-order chi connectivity index (χ0) is 16.9. The van der Waals surface area contributed by atoms with Crippen LogP contribution in [0.1, 0.15) is 12.5 Å². The number of benzene rings is 2. The second-order valence-corrected chi connectivity index (χ2v) is 7.65. The van der Waals surface area contributed by atoms with Crippen LogP contribution in [-0.4, -0.2) is 20.8 Å². The Morgan fingerprint density at radius 2 is 1.87 bits per heavy atom. The first-order chi connectivity index (χ1) is 10.9. The summed E-state index contributed by atoms with van der Waals surface area (Å²) in [5, 5.41) is 0. The molecule has 0 radical (unpaired) electrons. The fourth-order valence-corrected chi connectivity index (χ4v) is 3.12. The number of hydrogen-bond acceptors (Lipinski definition) is 3. The number of aryl methyl sites for hydroxylation is 1. The van der Waals surface area contributed by atoms with Gasteiger partial charge in [-0.1, -0.05) is 35.0 Å². The van der Waals surface area contributed by atoms with Gasteiger partial charge in [0, 0.05) is 4.47 Å². The summed E-state index contributed by atoms with van der Waals surface area (Å²) in [6.07, 6.45) is 0.928. The van der Waals surface area contributed by atoms with Gasteiger partial charge in [0.2, 0.25) is 10.0 Å². The second-order valence-electron chi connectivity index (χ2n) is 4.89. The van der Waals surface area contributed by atoms with E-state index in [1.54, 1.807) is 18.2 Å². The SMILES string of the molecule is CCc1ccc(OCCS(=O)(=O)Nc2ccc(Br)cc2F)cc1. The highest BCUT2D eigenvalue weighted by atomic mass is 79.9. The molecule has 0 saturated heterocycles.